The second-order valence-electron chi connectivity index (χ2n) is 8.67. The van der Waals surface area contributed by atoms with E-state index in [2.05, 4.69) is 42.2 Å². The summed E-state index contributed by atoms with van der Waals surface area (Å²) < 4.78 is 82.0. The minimum Gasteiger partial charge on any atom is -0.439 e. The number of carbonyl (C=O) groups is 1. The van der Waals surface area contributed by atoms with Gasteiger partial charge in [0.05, 0.1) is 16.0 Å². The molecule has 4 N–H and O–H groups in total. The van der Waals surface area contributed by atoms with Crippen molar-refractivity contribution in [2.45, 2.75) is 53.2 Å². The number of rotatable bonds is 7. The van der Waals surface area contributed by atoms with Crippen LogP contribution in [0.1, 0.15) is 41.6 Å². The van der Waals surface area contributed by atoms with Crippen molar-refractivity contribution in [3.8, 4) is 11.6 Å². The van der Waals surface area contributed by atoms with Crippen LogP contribution in [-0.2, 0) is 11.0 Å². The first-order valence-corrected chi connectivity index (χ1v) is 12.9. The largest absolute Gasteiger partial charge is 0.439 e. The third-order valence-electron chi connectivity index (χ3n) is 6.03. The van der Waals surface area contributed by atoms with Gasteiger partial charge in [-0.05, 0) is 49.4 Å². The number of pyridine rings is 1. The number of carbonyl (C=O) groups excluding carboxylic acids is 1. The van der Waals surface area contributed by atoms with E-state index in [0.717, 1.165) is 17.7 Å². The van der Waals surface area contributed by atoms with Crippen LogP contribution in [0, 0.1) is 5.41 Å². The quantitative estimate of drug-likeness (QED) is 0.128. The third kappa shape index (κ3) is 7.28. The highest BCUT2D eigenvalue weighted by molar-refractivity contribution is 9.12. The van der Waals surface area contributed by atoms with E-state index in [4.69, 9.17) is 15.9 Å². The fraction of sp³-hybridized carbons (Fsp3) is 0.375. The number of allylic oxidation sites excluding steroid dienone is 1. The smallest absolute Gasteiger partial charge is 0.431 e. The Morgan fingerprint density at radius 3 is 2.37 bits per heavy atom. The van der Waals surface area contributed by atoms with Gasteiger partial charge in [0.25, 0.3) is 5.91 Å². The van der Waals surface area contributed by atoms with Gasteiger partial charge in [0.15, 0.2) is 0 Å². The van der Waals surface area contributed by atoms with E-state index in [1.54, 1.807) is 18.2 Å². The van der Waals surface area contributed by atoms with E-state index >= 15 is 0 Å². The van der Waals surface area contributed by atoms with Crippen LogP contribution in [0.15, 0.2) is 53.9 Å². The lowest BCUT2D eigenvalue weighted by Crippen LogP contribution is -2.43. The van der Waals surface area contributed by atoms with Gasteiger partial charge >= 0.3 is 12.4 Å². The molecule has 0 saturated heterocycles. The second kappa shape index (κ2) is 11.6. The first-order valence-electron chi connectivity index (χ1n) is 11.2. The van der Waals surface area contributed by atoms with Crippen LogP contribution in [-0.4, -0.2) is 33.6 Å². The predicted molar refractivity (Wildman–Crippen MR) is 136 cm³/mol. The Hall–Kier alpha value is -2.61. The molecule has 1 aromatic heterocycles. The summed E-state index contributed by atoms with van der Waals surface area (Å²) in [6.45, 7) is 0. The van der Waals surface area contributed by atoms with Crippen LogP contribution >= 0.6 is 31.9 Å². The van der Waals surface area contributed by atoms with Gasteiger partial charge in [-0.15, -0.1) is 0 Å². The summed E-state index contributed by atoms with van der Waals surface area (Å²) in [7, 11) is 0. The Labute approximate surface area is 230 Å². The second-order valence-corrected chi connectivity index (χ2v) is 11.2. The van der Waals surface area contributed by atoms with E-state index < -0.39 is 45.5 Å². The first-order chi connectivity index (χ1) is 17.6. The monoisotopic (exact) mass is 670 g/mol. The molecule has 1 aliphatic carbocycles. The molecule has 1 heterocycles. The summed E-state index contributed by atoms with van der Waals surface area (Å²) >= 11 is 7.46. The highest BCUT2D eigenvalue weighted by Gasteiger charge is 2.41. The minimum absolute atomic E-state index is 0.00409. The van der Waals surface area contributed by atoms with Crippen LogP contribution in [0.25, 0.3) is 0 Å². The molecule has 2 aromatic rings. The highest BCUT2D eigenvalue weighted by atomic mass is 79.9. The van der Waals surface area contributed by atoms with Crippen molar-refractivity contribution in [2.75, 3.05) is 0 Å². The summed E-state index contributed by atoms with van der Waals surface area (Å²) in [4.78, 5) is 15.8. The Morgan fingerprint density at radius 1 is 1.18 bits per heavy atom. The molecule has 1 saturated carbocycles. The maximum absolute atomic E-state index is 12.9. The van der Waals surface area contributed by atoms with E-state index in [1.807, 2.05) is 6.07 Å². The molecule has 6 nitrogen and oxygen atoms in total. The molecule has 1 amide bonds. The number of ether oxygens (including phenoxy) is 1. The van der Waals surface area contributed by atoms with Crippen molar-refractivity contribution in [1.29, 1.82) is 5.41 Å². The normalized spacial score (nSPS) is 21.7. The van der Waals surface area contributed by atoms with Crippen molar-refractivity contribution < 1.29 is 35.9 Å². The van der Waals surface area contributed by atoms with E-state index in [-0.39, 0.29) is 10.7 Å². The summed E-state index contributed by atoms with van der Waals surface area (Å²) in [5.41, 5.74) is 2.37. The highest BCUT2D eigenvalue weighted by Crippen LogP contribution is 2.50. The summed E-state index contributed by atoms with van der Waals surface area (Å²) in [6.07, 6.45) is -6.48. The number of nitrogens with two attached hydrogens (primary N) is 1. The van der Waals surface area contributed by atoms with Gasteiger partial charge in [-0.1, -0.05) is 44.0 Å². The maximum atomic E-state index is 12.9. The van der Waals surface area contributed by atoms with Crippen molar-refractivity contribution >= 4 is 44.0 Å². The number of benzene rings is 1. The van der Waals surface area contributed by atoms with Crippen LogP contribution in [0.3, 0.4) is 0 Å². The number of aromatic nitrogens is 1. The van der Waals surface area contributed by atoms with E-state index in [9.17, 15) is 31.1 Å². The van der Waals surface area contributed by atoms with Gasteiger partial charge in [0, 0.05) is 28.8 Å². The summed E-state index contributed by atoms with van der Waals surface area (Å²) in [5.74, 6) is -0.695. The number of hydrogen-bond donors (Lipinski definition) is 3. The van der Waals surface area contributed by atoms with Crippen molar-refractivity contribution in [3.05, 3.63) is 65.0 Å². The maximum Gasteiger partial charge on any atom is 0.431 e. The number of nitrogens with zero attached hydrogens (tertiary/aromatic N) is 1. The lowest BCUT2D eigenvalue weighted by Gasteiger charge is -2.39. The molecule has 1 atom stereocenters. The fourth-order valence-corrected chi connectivity index (χ4v) is 5.41. The van der Waals surface area contributed by atoms with Gasteiger partial charge in [-0.25, -0.2) is 4.98 Å². The standard InChI is InChI=1S/C24H22Br2F6N4O2/c25-19(13-2-1-3-16(10-13)38-18-5-4-14(12-35-18)23(27,28)29)22(26)8-6-15(7-9-22)36-21(37)17(11-33)20(34)24(30,31)32/h1-5,10-12,15,19,33H,6-9,34H2,(H,36,37)/b20-17+,33-11?. The molecular weight excluding hydrogens is 650 g/mol. The molecule has 0 aliphatic heterocycles. The molecule has 38 heavy (non-hydrogen) atoms. The SMILES string of the molecule is N=C/C(C(=O)NC1CCC(Br)(C(Br)c2cccc(Oc3ccc(C(F)(F)F)cn3)c2)CC1)=C(\N)C(F)(F)F. The van der Waals surface area contributed by atoms with Crippen LogP contribution < -0.4 is 15.8 Å². The molecule has 1 aromatic carbocycles. The summed E-state index contributed by atoms with van der Waals surface area (Å²) in [6, 6.07) is 8.51. The molecule has 3 rings (SSSR count). The van der Waals surface area contributed by atoms with Crippen LogP contribution in [0.5, 0.6) is 11.6 Å². The van der Waals surface area contributed by atoms with Gasteiger partial charge in [0.2, 0.25) is 5.88 Å². The zero-order valence-electron chi connectivity index (χ0n) is 19.5. The zero-order chi connectivity index (χ0) is 28.3. The summed E-state index contributed by atoms with van der Waals surface area (Å²) in [5, 5.41) is 9.69. The average Bonchev–Trinajstić information content (AvgIpc) is 2.85. The molecule has 1 fully saturated rings. The Kier molecular flexibility index (Phi) is 9.17. The minimum atomic E-state index is -4.92. The molecule has 1 aliphatic rings. The molecule has 14 heteroatoms. The number of halogens is 8. The Bertz CT molecular complexity index is 1190. The number of amides is 1. The molecule has 1 unspecified atom stereocenters. The first kappa shape index (κ1) is 29.9. The third-order valence-corrected chi connectivity index (χ3v) is 9.30. The molecule has 0 radical (unpaired) electrons. The Balaban J connectivity index is 1.64. The van der Waals surface area contributed by atoms with Crippen molar-refractivity contribution in [3.63, 3.8) is 0 Å². The van der Waals surface area contributed by atoms with Gasteiger partial charge < -0.3 is 21.2 Å². The molecular formula is C24H22Br2F6N4O2. The van der Waals surface area contributed by atoms with Gasteiger partial charge in [-0.3, -0.25) is 4.79 Å². The molecule has 0 bridgehead atoms. The van der Waals surface area contributed by atoms with Gasteiger partial charge in [0.1, 0.15) is 11.4 Å². The van der Waals surface area contributed by atoms with Crippen LogP contribution in [0.2, 0.25) is 0 Å². The number of nitrogens with one attached hydrogen (secondary N) is 2. The van der Waals surface area contributed by atoms with E-state index in [0.29, 0.717) is 43.8 Å². The van der Waals surface area contributed by atoms with Crippen LogP contribution in [0.4, 0.5) is 26.3 Å². The predicted octanol–water partition coefficient (Wildman–Crippen LogP) is 6.95. The van der Waals surface area contributed by atoms with Gasteiger partial charge in [-0.2, -0.15) is 26.3 Å². The lowest BCUT2D eigenvalue weighted by atomic mass is 9.82. The van der Waals surface area contributed by atoms with Crippen molar-refractivity contribution in [1.82, 2.24) is 10.3 Å². The fourth-order valence-electron chi connectivity index (χ4n) is 3.94. The molecule has 206 valence electrons. The average molecular weight is 672 g/mol. The zero-order valence-corrected chi connectivity index (χ0v) is 22.6. The molecule has 0 spiro atoms. The lowest BCUT2D eigenvalue weighted by molar-refractivity contribution is -0.137. The number of alkyl halides is 8. The topological polar surface area (TPSA) is 101 Å². The van der Waals surface area contributed by atoms with Crippen molar-refractivity contribution in [2.24, 2.45) is 5.73 Å². The Morgan fingerprint density at radius 2 is 1.84 bits per heavy atom. The number of hydrogen-bond acceptors (Lipinski definition) is 5. The van der Waals surface area contributed by atoms with E-state index in [1.165, 1.54) is 0 Å².